The number of aromatic nitrogens is 2. The summed E-state index contributed by atoms with van der Waals surface area (Å²) in [5.41, 5.74) is 0. The lowest BCUT2D eigenvalue weighted by Gasteiger charge is -1.98. The second-order valence-corrected chi connectivity index (χ2v) is 2.18. The summed E-state index contributed by atoms with van der Waals surface area (Å²) >= 11 is 1.14. The first-order valence-electron chi connectivity index (χ1n) is 2.99. The van der Waals surface area contributed by atoms with E-state index in [1.807, 2.05) is 6.92 Å². The van der Waals surface area contributed by atoms with Gasteiger partial charge in [0.25, 0.3) is 5.88 Å². The van der Waals surface area contributed by atoms with Gasteiger partial charge in [0.15, 0.2) is 0 Å². The van der Waals surface area contributed by atoms with Crippen LogP contribution in [0.4, 0.5) is 5.82 Å². The molecule has 56 valence electrons. The Kier molecular flexibility index (Phi) is 2.44. The van der Waals surface area contributed by atoms with E-state index in [1.165, 1.54) is 0 Å². The number of nitrogens with zero attached hydrogens (tertiary/aromatic N) is 2. The van der Waals surface area contributed by atoms with Crippen LogP contribution in [0.2, 0.25) is 0 Å². The molecule has 0 atom stereocenters. The molecule has 0 aromatic carbocycles. The molecule has 10 heavy (non-hydrogen) atoms. The third-order valence-corrected chi connectivity index (χ3v) is 1.51. The molecule has 0 unspecified atom stereocenters. The predicted molar refractivity (Wildman–Crippen MR) is 40.6 cm³/mol. The predicted octanol–water partition coefficient (Wildman–Crippen LogP) is 0.978. The van der Waals surface area contributed by atoms with Crippen LogP contribution in [0.25, 0.3) is 0 Å². The molecule has 1 aromatic rings. The largest absolute Gasteiger partial charge is 0.478 e. The van der Waals surface area contributed by atoms with E-state index in [9.17, 15) is 0 Å². The van der Waals surface area contributed by atoms with Gasteiger partial charge in [0.1, 0.15) is 0 Å². The van der Waals surface area contributed by atoms with Gasteiger partial charge < -0.3 is 10.1 Å². The van der Waals surface area contributed by atoms with Crippen molar-refractivity contribution in [2.75, 3.05) is 19.0 Å². The number of hydrogen-bond donors (Lipinski definition) is 1. The normalized spacial score (nSPS) is 9.40. The third kappa shape index (κ3) is 1.36. The number of anilines is 1. The molecule has 0 radical (unpaired) electrons. The van der Waals surface area contributed by atoms with Crippen LogP contribution in [0.5, 0.6) is 5.88 Å². The van der Waals surface area contributed by atoms with Crippen LogP contribution < -0.4 is 10.1 Å². The number of ether oxygens (including phenoxy) is 1. The topological polar surface area (TPSA) is 47.0 Å². The van der Waals surface area contributed by atoms with Gasteiger partial charge in [-0.1, -0.05) is 0 Å². The molecule has 0 bridgehead atoms. The average Bonchev–Trinajstić information content (AvgIpc) is 2.36. The molecular formula is C5H9N3OS. The van der Waals surface area contributed by atoms with Crippen LogP contribution in [0.3, 0.4) is 0 Å². The first-order chi connectivity index (χ1) is 4.88. The molecule has 0 amide bonds. The van der Waals surface area contributed by atoms with Crippen molar-refractivity contribution in [3.05, 3.63) is 0 Å². The van der Waals surface area contributed by atoms with Crippen molar-refractivity contribution in [3.63, 3.8) is 0 Å². The monoisotopic (exact) mass is 159 g/mol. The summed E-state index contributed by atoms with van der Waals surface area (Å²) in [5.74, 6) is 1.31. The number of rotatable bonds is 3. The fourth-order valence-electron chi connectivity index (χ4n) is 0.590. The van der Waals surface area contributed by atoms with Crippen LogP contribution in [0.15, 0.2) is 0 Å². The van der Waals surface area contributed by atoms with Gasteiger partial charge in [-0.05, 0) is 6.92 Å². The van der Waals surface area contributed by atoms with E-state index in [0.29, 0.717) is 5.88 Å². The fraction of sp³-hybridized carbons (Fsp3) is 0.600. The summed E-state index contributed by atoms with van der Waals surface area (Å²) in [6, 6.07) is 0. The van der Waals surface area contributed by atoms with Crippen molar-refractivity contribution < 1.29 is 4.74 Å². The van der Waals surface area contributed by atoms with E-state index in [-0.39, 0.29) is 0 Å². The molecule has 0 aliphatic rings. The average molecular weight is 159 g/mol. The molecule has 1 heterocycles. The van der Waals surface area contributed by atoms with Gasteiger partial charge in [0, 0.05) is 6.54 Å². The zero-order chi connectivity index (χ0) is 7.40. The van der Waals surface area contributed by atoms with Crippen molar-refractivity contribution in [2.45, 2.75) is 6.92 Å². The molecule has 0 spiro atoms. The summed E-state index contributed by atoms with van der Waals surface area (Å²) in [5, 5.41) is 3.02. The Balaban J connectivity index is 2.70. The van der Waals surface area contributed by atoms with Gasteiger partial charge in [-0.15, -0.1) is 4.37 Å². The number of hydrogen-bond acceptors (Lipinski definition) is 5. The molecule has 0 saturated heterocycles. The molecule has 4 nitrogen and oxygen atoms in total. The Morgan fingerprint density at radius 2 is 2.40 bits per heavy atom. The molecule has 1 aromatic heterocycles. The Hall–Kier alpha value is -0.840. The van der Waals surface area contributed by atoms with E-state index < -0.39 is 0 Å². The maximum Gasteiger partial charge on any atom is 0.270 e. The number of methoxy groups -OCH3 is 1. The molecule has 1 rings (SSSR count). The minimum absolute atomic E-state index is 0.576. The highest BCUT2D eigenvalue weighted by molar-refractivity contribution is 6.99. The van der Waals surface area contributed by atoms with Crippen LogP contribution in [-0.2, 0) is 0 Å². The van der Waals surface area contributed by atoms with Gasteiger partial charge >= 0.3 is 0 Å². The van der Waals surface area contributed by atoms with E-state index >= 15 is 0 Å². The van der Waals surface area contributed by atoms with Crippen molar-refractivity contribution in [1.82, 2.24) is 8.75 Å². The SMILES string of the molecule is CCNc1nsnc1OC. The van der Waals surface area contributed by atoms with Crippen LogP contribution in [-0.4, -0.2) is 22.4 Å². The summed E-state index contributed by atoms with van der Waals surface area (Å²) in [6.07, 6.45) is 0. The van der Waals surface area contributed by atoms with Crippen molar-refractivity contribution in [2.24, 2.45) is 0 Å². The molecule has 0 fully saturated rings. The molecule has 5 heteroatoms. The summed E-state index contributed by atoms with van der Waals surface area (Å²) in [7, 11) is 1.58. The molecule has 1 N–H and O–H groups in total. The Labute approximate surface area is 63.6 Å². The third-order valence-electron chi connectivity index (χ3n) is 0.996. The van der Waals surface area contributed by atoms with Crippen LogP contribution >= 0.6 is 11.7 Å². The number of nitrogens with one attached hydrogen (secondary N) is 1. The lowest BCUT2D eigenvalue weighted by Crippen LogP contribution is -1.98. The van der Waals surface area contributed by atoms with E-state index in [0.717, 1.165) is 24.1 Å². The Morgan fingerprint density at radius 3 is 3.00 bits per heavy atom. The Morgan fingerprint density at radius 1 is 1.60 bits per heavy atom. The molecular weight excluding hydrogens is 150 g/mol. The lowest BCUT2D eigenvalue weighted by molar-refractivity contribution is 0.403. The van der Waals surface area contributed by atoms with Gasteiger partial charge in [-0.2, -0.15) is 4.37 Å². The summed E-state index contributed by atoms with van der Waals surface area (Å²) < 4.78 is 12.8. The smallest absolute Gasteiger partial charge is 0.270 e. The van der Waals surface area contributed by atoms with Crippen molar-refractivity contribution >= 4 is 17.5 Å². The first-order valence-corrected chi connectivity index (χ1v) is 3.72. The second kappa shape index (κ2) is 3.36. The maximum absolute atomic E-state index is 4.91. The fourth-order valence-corrected chi connectivity index (χ4v) is 1.09. The van der Waals surface area contributed by atoms with Gasteiger partial charge in [-0.25, -0.2) is 0 Å². The first kappa shape index (κ1) is 7.27. The Bertz CT molecular complexity index is 201. The zero-order valence-electron chi connectivity index (χ0n) is 5.92. The van der Waals surface area contributed by atoms with Gasteiger partial charge in [0.2, 0.25) is 5.82 Å². The lowest BCUT2D eigenvalue weighted by atomic mass is 10.6. The highest BCUT2D eigenvalue weighted by atomic mass is 32.1. The highest BCUT2D eigenvalue weighted by Gasteiger charge is 2.04. The summed E-state index contributed by atoms with van der Waals surface area (Å²) in [4.78, 5) is 0. The molecule has 0 aliphatic heterocycles. The van der Waals surface area contributed by atoms with Crippen molar-refractivity contribution in [3.8, 4) is 5.88 Å². The zero-order valence-corrected chi connectivity index (χ0v) is 6.73. The highest BCUT2D eigenvalue weighted by Crippen LogP contribution is 2.19. The molecule has 0 saturated carbocycles. The summed E-state index contributed by atoms with van der Waals surface area (Å²) in [6.45, 7) is 2.83. The van der Waals surface area contributed by atoms with Crippen molar-refractivity contribution in [1.29, 1.82) is 0 Å². The van der Waals surface area contributed by atoms with Crippen LogP contribution in [0, 0.1) is 0 Å². The van der Waals surface area contributed by atoms with E-state index in [4.69, 9.17) is 4.74 Å². The standard InChI is InChI=1S/C5H9N3OS/c1-3-6-4-5(9-2)8-10-7-4/h3H2,1-2H3,(H,6,7). The minimum Gasteiger partial charge on any atom is -0.478 e. The quantitative estimate of drug-likeness (QED) is 0.714. The van der Waals surface area contributed by atoms with E-state index in [2.05, 4.69) is 14.1 Å². The van der Waals surface area contributed by atoms with E-state index in [1.54, 1.807) is 7.11 Å². The van der Waals surface area contributed by atoms with Gasteiger partial charge in [0.05, 0.1) is 18.8 Å². The molecule has 0 aliphatic carbocycles. The maximum atomic E-state index is 4.91. The van der Waals surface area contributed by atoms with Gasteiger partial charge in [-0.3, -0.25) is 0 Å². The second-order valence-electron chi connectivity index (χ2n) is 1.65. The van der Waals surface area contributed by atoms with Crippen LogP contribution in [0.1, 0.15) is 6.92 Å². The minimum atomic E-state index is 0.576.